The summed E-state index contributed by atoms with van der Waals surface area (Å²) >= 11 is 0. The maximum Gasteiger partial charge on any atom is 0.339 e. The van der Waals surface area contributed by atoms with Crippen LogP contribution in [0.5, 0.6) is 5.75 Å². The second-order valence-electron chi connectivity index (χ2n) is 6.67. The second kappa shape index (κ2) is 7.34. The van der Waals surface area contributed by atoms with E-state index in [1.807, 2.05) is 24.4 Å². The van der Waals surface area contributed by atoms with E-state index in [9.17, 15) is 14.0 Å². The molecule has 0 aliphatic carbocycles. The molecule has 2 N–H and O–H groups in total. The molecule has 28 heavy (non-hydrogen) atoms. The number of carbonyl (C=O) groups is 2. The summed E-state index contributed by atoms with van der Waals surface area (Å²) in [5.41, 5.74) is 2.81. The lowest BCUT2D eigenvalue weighted by molar-refractivity contribution is -0.130. The molecule has 3 aromatic rings. The second-order valence-corrected chi connectivity index (χ2v) is 6.67. The van der Waals surface area contributed by atoms with E-state index in [0.29, 0.717) is 24.1 Å². The average Bonchev–Trinajstić information content (AvgIpc) is 3.09. The standard InChI is InChI=1S/C21H19FN2O4/c1-27-15-3-5-16-12(11-24-18(16)10-15)6-7-23-20(25)19-9-13-8-14(22)2-4-17(13)21(26)28-19/h2-5,8,10-11,19,24H,6-7,9H2,1H3,(H,23,25). The van der Waals surface area contributed by atoms with Crippen LogP contribution in [0.1, 0.15) is 21.5 Å². The normalized spacial score (nSPS) is 15.8. The van der Waals surface area contributed by atoms with Crippen molar-refractivity contribution < 1.29 is 23.5 Å². The number of aromatic amines is 1. The molecule has 7 heteroatoms. The van der Waals surface area contributed by atoms with E-state index >= 15 is 0 Å². The first-order valence-corrected chi connectivity index (χ1v) is 8.96. The summed E-state index contributed by atoms with van der Waals surface area (Å²) in [6, 6.07) is 9.63. The van der Waals surface area contributed by atoms with Gasteiger partial charge in [0.2, 0.25) is 0 Å². The van der Waals surface area contributed by atoms with E-state index < -0.39 is 17.9 Å². The molecule has 0 saturated heterocycles. The molecule has 0 saturated carbocycles. The van der Waals surface area contributed by atoms with Crippen LogP contribution in [0.15, 0.2) is 42.6 Å². The molecule has 2 heterocycles. The molecule has 0 spiro atoms. The summed E-state index contributed by atoms with van der Waals surface area (Å²) in [5.74, 6) is -0.662. The van der Waals surface area contributed by atoms with Crippen molar-refractivity contribution in [3.63, 3.8) is 0 Å². The third-order valence-electron chi connectivity index (χ3n) is 4.90. The summed E-state index contributed by atoms with van der Waals surface area (Å²) in [6.45, 7) is 0.391. The predicted octanol–water partition coefficient (Wildman–Crippen LogP) is 2.76. The molecule has 0 fully saturated rings. The van der Waals surface area contributed by atoms with Crippen molar-refractivity contribution in [2.45, 2.75) is 18.9 Å². The lowest BCUT2D eigenvalue weighted by Gasteiger charge is -2.23. The average molecular weight is 382 g/mol. The predicted molar refractivity (Wildman–Crippen MR) is 101 cm³/mol. The Kier molecular flexibility index (Phi) is 4.73. The van der Waals surface area contributed by atoms with Gasteiger partial charge in [0.15, 0.2) is 6.10 Å². The minimum atomic E-state index is -0.950. The molecular weight excluding hydrogens is 363 g/mol. The van der Waals surface area contributed by atoms with Gasteiger partial charge in [-0.2, -0.15) is 0 Å². The number of rotatable bonds is 5. The van der Waals surface area contributed by atoms with Crippen LogP contribution in [0, 0.1) is 5.82 Å². The van der Waals surface area contributed by atoms with Gasteiger partial charge >= 0.3 is 5.97 Å². The number of hydrogen-bond acceptors (Lipinski definition) is 4. The van der Waals surface area contributed by atoms with Crippen LogP contribution in [-0.2, 0) is 22.4 Å². The molecule has 0 bridgehead atoms. The van der Waals surface area contributed by atoms with E-state index in [1.165, 1.54) is 18.2 Å². The number of aromatic nitrogens is 1. The fourth-order valence-corrected chi connectivity index (χ4v) is 3.44. The Labute approximate surface area is 160 Å². The molecule has 1 atom stereocenters. The SMILES string of the molecule is COc1ccc2c(CCNC(=O)C3Cc4cc(F)ccc4C(=O)O3)c[nH]c2c1. The van der Waals surface area contributed by atoms with Crippen LogP contribution in [-0.4, -0.2) is 36.6 Å². The van der Waals surface area contributed by atoms with Gasteiger partial charge in [0.05, 0.1) is 12.7 Å². The molecule has 0 radical (unpaired) electrons. The lowest BCUT2D eigenvalue weighted by atomic mass is 9.98. The van der Waals surface area contributed by atoms with Gasteiger partial charge in [0.1, 0.15) is 11.6 Å². The number of methoxy groups -OCH3 is 1. The van der Waals surface area contributed by atoms with Gasteiger partial charge in [-0.05, 0) is 47.9 Å². The number of benzene rings is 2. The van der Waals surface area contributed by atoms with Crippen LogP contribution < -0.4 is 10.1 Å². The Morgan fingerprint density at radius 1 is 1.32 bits per heavy atom. The minimum absolute atomic E-state index is 0.164. The Bertz CT molecular complexity index is 1060. The zero-order chi connectivity index (χ0) is 19.7. The van der Waals surface area contributed by atoms with Gasteiger partial charge in [-0.25, -0.2) is 9.18 Å². The number of carbonyl (C=O) groups excluding carboxylic acids is 2. The van der Waals surface area contributed by atoms with Crippen LogP contribution in [0.25, 0.3) is 10.9 Å². The van der Waals surface area contributed by atoms with Crippen LogP contribution in [0.4, 0.5) is 4.39 Å². The van der Waals surface area contributed by atoms with Crippen molar-refractivity contribution in [1.82, 2.24) is 10.3 Å². The van der Waals surface area contributed by atoms with E-state index in [0.717, 1.165) is 22.2 Å². The quantitative estimate of drug-likeness (QED) is 0.665. The number of hydrogen-bond donors (Lipinski definition) is 2. The highest BCUT2D eigenvalue weighted by Crippen LogP contribution is 2.24. The number of H-pyrrole nitrogens is 1. The van der Waals surface area contributed by atoms with Gasteiger partial charge < -0.3 is 19.8 Å². The largest absolute Gasteiger partial charge is 0.497 e. The van der Waals surface area contributed by atoms with Crippen molar-refractivity contribution in [1.29, 1.82) is 0 Å². The molecule has 1 aliphatic rings. The summed E-state index contributed by atoms with van der Waals surface area (Å²) in [6.07, 6.45) is 1.73. The van der Waals surface area contributed by atoms with Crippen molar-refractivity contribution in [3.8, 4) is 5.75 Å². The Hall–Kier alpha value is -3.35. The number of amides is 1. The van der Waals surface area contributed by atoms with Gasteiger partial charge in [0, 0.05) is 36.1 Å². The van der Waals surface area contributed by atoms with Crippen molar-refractivity contribution in [3.05, 3.63) is 65.1 Å². The van der Waals surface area contributed by atoms with E-state index in [-0.39, 0.29) is 12.3 Å². The minimum Gasteiger partial charge on any atom is -0.497 e. The highest BCUT2D eigenvalue weighted by atomic mass is 19.1. The van der Waals surface area contributed by atoms with Crippen LogP contribution in [0.2, 0.25) is 0 Å². The zero-order valence-corrected chi connectivity index (χ0v) is 15.3. The molecule has 1 amide bonds. The summed E-state index contributed by atoms with van der Waals surface area (Å²) in [4.78, 5) is 27.6. The number of esters is 1. The molecule has 6 nitrogen and oxygen atoms in total. The first-order chi connectivity index (χ1) is 13.5. The van der Waals surface area contributed by atoms with Gasteiger partial charge in [-0.15, -0.1) is 0 Å². The van der Waals surface area contributed by atoms with Crippen molar-refractivity contribution in [2.75, 3.05) is 13.7 Å². The van der Waals surface area contributed by atoms with E-state index in [2.05, 4.69) is 10.3 Å². The first kappa shape index (κ1) is 18.0. The summed E-state index contributed by atoms with van der Waals surface area (Å²) in [7, 11) is 1.62. The smallest absolute Gasteiger partial charge is 0.339 e. The summed E-state index contributed by atoms with van der Waals surface area (Å²) in [5, 5.41) is 3.85. The van der Waals surface area contributed by atoms with Crippen molar-refractivity contribution >= 4 is 22.8 Å². The third-order valence-corrected chi connectivity index (χ3v) is 4.90. The number of fused-ring (bicyclic) bond motifs is 2. The molecule has 2 aromatic carbocycles. The Morgan fingerprint density at radius 3 is 3.00 bits per heavy atom. The molecular formula is C21H19FN2O4. The maximum atomic E-state index is 13.4. The van der Waals surface area contributed by atoms with E-state index in [4.69, 9.17) is 9.47 Å². The monoisotopic (exact) mass is 382 g/mol. The number of cyclic esters (lactones) is 1. The maximum absolute atomic E-state index is 13.4. The Balaban J connectivity index is 1.38. The van der Waals surface area contributed by atoms with Gasteiger partial charge in [-0.1, -0.05) is 0 Å². The molecule has 1 aromatic heterocycles. The van der Waals surface area contributed by atoms with Crippen LogP contribution >= 0.6 is 0 Å². The first-order valence-electron chi connectivity index (χ1n) is 8.96. The highest BCUT2D eigenvalue weighted by Gasteiger charge is 2.31. The zero-order valence-electron chi connectivity index (χ0n) is 15.3. The van der Waals surface area contributed by atoms with Crippen molar-refractivity contribution in [2.24, 2.45) is 0 Å². The number of halogens is 1. The third kappa shape index (κ3) is 3.43. The fourth-order valence-electron chi connectivity index (χ4n) is 3.44. The number of ether oxygens (including phenoxy) is 2. The molecule has 144 valence electrons. The highest BCUT2D eigenvalue weighted by molar-refractivity contribution is 5.95. The van der Waals surface area contributed by atoms with Gasteiger partial charge in [-0.3, -0.25) is 4.79 Å². The molecule has 1 unspecified atom stereocenters. The van der Waals surface area contributed by atoms with E-state index in [1.54, 1.807) is 7.11 Å². The summed E-state index contributed by atoms with van der Waals surface area (Å²) < 4.78 is 23.8. The molecule has 4 rings (SSSR count). The lowest BCUT2D eigenvalue weighted by Crippen LogP contribution is -2.42. The Morgan fingerprint density at radius 2 is 2.18 bits per heavy atom. The van der Waals surface area contributed by atoms with Gasteiger partial charge in [0.25, 0.3) is 5.91 Å². The topological polar surface area (TPSA) is 80.4 Å². The molecule has 1 aliphatic heterocycles. The fraction of sp³-hybridized carbons (Fsp3) is 0.238. The van der Waals surface area contributed by atoms with Crippen LogP contribution in [0.3, 0.4) is 0 Å². The number of nitrogens with one attached hydrogen (secondary N) is 2.